The van der Waals surface area contributed by atoms with Crippen LogP contribution in [0.1, 0.15) is 58.3 Å². The van der Waals surface area contributed by atoms with Crippen LogP contribution in [0, 0.1) is 11.8 Å². The Bertz CT molecular complexity index is 365. The molecule has 1 rings (SSSR count). The fourth-order valence-electron chi connectivity index (χ4n) is 3.23. The Kier molecular flexibility index (Phi) is 8.78. The predicted octanol–water partition coefficient (Wildman–Crippen LogP) is 2.18. The van der Waals surface area contributed by atoms with Gasteiger partial charge in [-0.2, -0.15) is 8.42 Å². The quantitative estimate of drug-likeness (QED) is 0.424. The minimum Gasteiger partial charge on any atom is -0.328 e. The van der Waals surface area contributed by atoms with Crippen molar-refractivity contribution in [2.45, 2.75) is 64.3 Å². The van der Waals surface area contributed by atoms with Gasteiger partial charge >= 0.3 is 0 Å². The van der Waals surface area contributed by atoms with Crippen molar-refractivity contribution in [1.29, 1.82) is 0 Å². The maximum Gasteiger partial charge on any atom is 0.266 e. The normalized spacial score (nSPS) is 24.9. The molecule has 1 atom stereocenters. The largest absolute Gasteiger partial charge is 0.328 e. The van der Waals surface area contributed by atoms with E-state index in [0.717, 1.165) is 24.8 Å². The lowest BCUT2D eigenvalue weighted by Crippen LogP contribution is -2.27. The highest BCUT2D eigenvalue weighted by Crippen LogP contribution is 2.31. The Labute approximate surface area is 129 Å². The molecule has 6 heteroatoms. The summed E-state index contributed by atoms with van der Waals surface area (Å²) in [5.41, 5.74) is 5.95. The van der Waals surface area contributed by atoms with Gasteiger partial charge in [0.15, 0.2) is 0 Å². The summed E-state index contributed by atoms with van der Waals surface area (Å²) in [5.74, 6) is 1.42. The predicted molar refractivity (Wildman–Crippen MR) is 86.9 cm³/mol. The van der Waals surface area contributed by atoms with Crippen molar-refractivity contribution in [2.75, 3.05) is 18.8 Å². The molecule has 0 aromatic rings. The van der Waals surface area contributed by atoms with Gasteiger partial charge in [-0.3, -0.25) is 4.55 Å². The van der Waals surface area contributed by atoms with Crippen LogP contribution < -0.4 is 11.1 Å². The zero-order valence-electron chi connectivity index (χ0n) is 13.3. The molecule has 0 bridgehead atoms. The lowest BCUT2D eigenvalue weighted by Gasteiger charge is -2.29. The van der Waals surface area contributed by atoms with E-state index in [1.54, 1.807) is 0 Å². The van der Waals surface area contributed by atoms with E-state index in [0.29, 0.717) is 12.6 Å². The molecule has 0 amide bonds. The molecule has 1 saturated carbocycles. The van der Waals surface area contributed by atoms with Crippen molar-refractivity contribution in [1.82, 2.24) is 5.32 Å². The van der Waals surface area contributed by atoms with Gasteiger partial charge in [-0.05, 0) is 63.3 Å². The van der Waals surface area contributed by atoms with Gasteiger partial charge in [-0.15, -0.1) is 0 Å². The van der Waals surface area contributed by atoms with Crippen LogP contribution in [0.25, 0.3) is 0 Å². The van der Waals surface area contributed by atoms with Gasteiger partial charge in [0.05, 0.1) is 5.75 Å². The lowest BCUT2D eigenvalue weighted by molar-refractivity contribution is 0.256. The van der Waals surface area contributed by atoms with Crippen LogP contribution in [-0.4, -0.2) is 37.9 Å². The average Bonchev–Trinajstić information content (AvgIpc) is 2.42. The highest BCUT2D eigenvalue weighted by molar-refractivity contribution is 7.85. The molecule has 1 unspecified atom stereocenters. The standard InChI is InChI=1S/C15H32N2O3S/c1-2-13(12-14-5-7-15(16)8-6-14)4-3-9-17-10-11-21(18,19)20/h13-15,17H,2-12,16H2,1H3,(H,18,19,20). The highest BCUT2D eigenvalue weighted by Gasteiger charge is 2.21. The summed E-state index contributed by atoms with van der Waals surface area (Å²) in [6, 6.07) is 0.424. The van der Waals surface area contributed by atoms with Gasteiger partial charge in [0.25, 0.3) is 10.1 Å². The second kappa shape index (κ2) is 9.77. The highest BCUT2D eigenvalue weighted by atomic mass is 32.2. The first kappa shape index (κ1) is 18.9. The number of hydrogen-bond donors (Lipinski definition) is 3. The second-order valence-electron chi connectivity index (χ2n) is 6.47. The van der Waals surface area contributed by atoms with Crippen molar-refractivity contribution in [3.8, 4) is 0 Å². The molecule has 0 aromatic heterocycles. The van der Waals surface area contributed by atoms with Crippen LogP contribution in [-0.2, 0) is 10.1 Å². The van der Waals surface area contributed by atoms with Gasteiger partial charge in [0.1, 0.15) is 0 Å². The van der Waals surface area contributed by atoms with Gasteiger partial charge < -0.3 is 11.1 Å². The lowest BCUT2D eigenvalue weighted by atomic mass is 9.79. The fraction of sp³-hybridized carbons (Fsp3) is 1.00. The third-order valence-corrected chi connectivity index (χ3v) is 5.36. The number of nitrogens with one attached hydrogen (secondary N) is 1. The molecule has 1 aliphatic carbocycles. The third-order valence-electron chi connectivity index (χ3n) is 4.64. The Morgan fingerprint density at radius 1 is 1.24 bits per heavy atom. The molecule has 21 heavy (non-hydrogen) atoms. The molecular formula is C15H32N2O3S. The first-order chi connectivity index (χ1) is 9.90. The van der Waals surface area contributed by atoms with Crippen molar-refractivity contribution in [3.05, 3.63) is 0 Å². The topological polar surface area (TPSA) is 92.4 Å². The smallest absolute Gasteiger partial charge is 0.266 e. The van der Waals surface area contributed by atoms with E-state index in [9.17, 15) is 8.42 Å². The van der Waals surface area contributed by atoms with Crippen LogP contribution in [0.2, 0.25) is 0 Å². The molecule has 5 nitrogen and oxygen atoms in total. The van der Waals surface area contributed by atoms with Crippen molar-refractivity contribution in [3.63, 3.8) is 0 Å². The monoisotopic (exact) mass is 320 g/mol. The van der Waals surface area contributed by atoms with E-state index in [1.165, 1.54) is 44.9 Å². The molecule has 0 aliphatic heterocycles. The average molecular weight is 320 g/mol. The molecule has 1 fully saturated rings. The Balaban J connectivity index is 2.08. The molecule has 4 N–H and O–H groups in total. The van der Waals surface area contributed by atoms with E-state index in [2.05, 4.69) is 12.2 Å². The summed E-state index contributed by atoms with van der Waals surface area (Å²) in [6.45, 7) is 3.41. The van der Waals surface area contributed by atoms with E-state index in [-0.39, 0.29) is 5.75 Å². The molecule has 126 valence electrons. The summed E-state index contributed by atoms with van der Waals surface area (Å²) in [5, 5.41) is 3.08. The molecule has 0 radical (unpaired) electrons. The van der Waals surface area contributed by atoms with Crippen molar-refractivity contribution >= 4 is 10.1 Å². The molecule has 0 heterocycles. The Morgan fingerprint density at radius 3 is 2.48 bits per heavy atom. The summed E-state index contributed by atoms with van der Waals surface area (Å²) >= 11 is 0. The summed E-state index contributed by atoms with van der Waals surface area (Å²) in [4.78, 5) is 0. The van der Waals surface area contributed by atoms with Crippen molar-refractivity contribution in [2.24, 2.45) is 17.6 Å². The maximum absolute atomic E-state index is 10.6. The Hall–Kier alpha value is -0.170. The molecule has 0 aromatic carbocycles. The number of hydrogen-bond acceptors (Lipinski definition) is 4. The summed E-state index contributed by atoms with van der Waals surface area (Å²) < 4.78 is 29.8. The van der Waals surface area contributed by atoms with E-state index in [1.807, 2.05) is 0 Å². The fourth-order valence-corrected chi connectivity index (χ4v) is 3.63. The number of nitrogens with two attached hydrogens (primary N) is 1. The van der Waals surface area contributed by atoms with Gasteiger partial charge in [-0.1, -0.05) is 13.3 Å². The van der Waals surface area contributed by atoms with E-state index in [4.69, 9.17) is 10.3 Å². The SMILES string of the molecule is CCC(CCCNCCS(=O)(=O)O)CC1CCC(N)CC1. The zero-order chi connectivity index (χ0) is 15.7. The minimum absolute atomic E-state index is 0.202. The van der Waals surface area contributed by atoms with E-state index >= 15 is 0 Å². The summed E-state index contributed by atoms with van der Waals surface area (Å²) in [7, 11) is -3.83. The Morgan fingerprint density at radius 2 is 1.90 bits per heavy atom. The van der Waals surface area contributed by atoms with Crippen molar-refractivity contribution < 1.29 is 13.0 Å². The van der Waals surface area contributed by atoms with Gasteiger partial charge in [-0.25, -0.2) is 0 Å². The van der Waals surface area contributed by atoms with Gasteiger partial charge in [0, 0.05) is 12.6 Å². The van der Waals surface area contributed by atoms with Crippen LogP contribution >= 0.6 is 0 Å². The molecule has 0 spiro atoms. The second-order valence-corrected chi connectivity index (χ2v) is 8.04. The van der Waals surface area contributed by atoms with E-state index < -0.39 is 10.1 Å². The molecule has 1 aliphatic rings. The molecular weight excluding hydrogens is 288 g/mol. The van der Waals surface area contributed by atoms with Crippen LogP contribution in [0.4, 0.5) is 0 Å². The van der Waals surface area contributed by atoms with Crippen LogP contribution in [0.15, 0.2) is 0 Å². The minimum atomic E-state index is -3.83. The summed E-state index contributed by atoms with van der Waals surface area (Å²) in [6.07, 6.45) is 9.71. The van der Waals surface area contributed by atoms with Crippen LogP contribution in [0.5, 0.6) is 0 Å². The number of rotatable bonds is 10. The maximum atomic E-state index is 10.6. The first-order valence-corrected chi connectivity index (χ1v) is 9.93. The third kappa shape index (κ3) is 9.45. The first-order valence-electron chi connectivity index (χ1n) is 8.32. The molecule has 0 saturated heterocycles. The van der Waals surface area contributed by atoms with Crippen LogP contribution in [0.3, 0.4) is 0 Å². The zero-order valence-corrected chi connectivity index (χ0v) is 14.1. The van der Waals surface area contributed by atoms with Gasteiger partial charge in [0.2, 0.25) is 0 Å².